The molecule has 1 aromatic rings. The van der Waals surface area contributed by atoms with E-state index in [1.54, 1.807) is 0 Å². The molecule has 1 aliphatic carbocycles. The molecule has 1 aromatic carbocycles. The number of hydrogen-bond donors (Lipinski definition) is 2. The van der Waals surface area contributed by atoms with E-state index < -0.39 is 23.7 Å². The summed E-state index contributed by atoms with van der Waals surface area (Å²) in [5.41, 5.74) is 0.108. The Bertz CT molecular complexity index is 544. The Morgan fingerprint density at radius 2 is 1.95 bits per heavy atom. The van der Waals surface area contributed by atoms with Gasteiger partial charge in [0.2, 0.25) is 0 Å². The SMILES string of the molecule is O=C(NC(C(=O)O)C1CCCCC1)c1cc(F)ccc1Br. The Hall–Kier alpha value is -1.43. The van der Waals surface area contributed by atoms with Crippen molar-refractivity contribution in [2.45, 2.75) is 38.1 Å². The summed E-state index contributed by atoms with van der Waals surface area (Å²) in [6.07, 6.45) is 4.65. The predicted octanol–water partition coefficient (Wildman–Crippen LogP) is 3.35. The highest BCUT2D eigenvalue weighted by Gasteiger charge is 2.31. The molecule has 0 bridgehead atoms. The van der Waals surface area contributed by atoms with Crippen LogP contribution in [-0.2, 0) is 4.79 Å². The molecule has 0 saturated heterocycles. The first kappa shape index (κ1) is 15.9. The van der Waals surface area contributed by atoms with Gasteiger partial charge in [-0.2, -0.15) is 0 Å². The number of halogens is 2. The number of carbonyl (C=O) groups excluding carboxylic acids is 1. The van der Waals surface area contributed by atoms with Crippen LogP contribution in [0.1, 0.15) is 42.5 Å². The lowest BCUT2D eigenvalue weighted by Gasteiger charge is -2.28. The molecule has 0 aromatic heterocycles. The molecule has 2 rings (SSSR count). The molecule has 1 fully saturated rings. The molecule has 1 aliphatic rings. The second kappa shape index (κ2) is 7.02. The van der Waals surface area contributed by atoms with Gasteiger partial charge in [0.15, 0.2) is 0 Å². The van der Waals surface area contributed by atoms with Gasteiger partial charge in [0.05, 0.1) is 5.56 Å². The first-order chi connectivity index (χ1) is 9.99. The summed E-state index contributed by atoms with van der Waals surface area (Å²) in [7, 11) is 0. The molecular formula is C15H17BrFNO3. The van der Waals surface area contributed by atoms with E-state index in [0.717, 1.165) is 38.2 Å². The van der Waals surface area contributed by atoms with Crippen molar-refractivity contribution in [2.75, 3.05) is 0 Å². The van der Waals surface area contributed by atoms with Crippen molar-refractivity contribution in [3.05, 3.63) is 34.1 Å². The van der Waals surface area contributed by atoms with Crippen LogP contribution in [0.5, 0.6) is 0 Å². The zero-order chi connectivity index (χ0) is 15.4. The molecule has 114 valence electrons. The first-order valence-electron chi connectivity index (χ1n) is 6.98. The number of amides is 1. The third kappa shape index (κ3) is 4.03. The van der Waals surface area contributed by atoms with Crippen LogP contribution in [0, 0.1) is 11.7 Å². The second-order valence-corrected chi connectivity index (χ2v) is 6.17. The third-order valence-corrected chi connectivity index (χ3v) is 4.54. The molecular weight excluding hydrogens is 341 g/mol. The van der Waals surface area contributed by atoms with Gasteiger partial charge in [0.25, 0.3) is 5.91 Å². The zero-order valence-corrected chi connectivity index (χ0v) is 13.0. The zero-order valence-electron chi connectivity index (χ0n) is 11.4. The minimum Gasteiger partial charge on any atom is -0.480 e. The highest BCUT2D eigenvalue weighted by Crippen LogP contribution is 2.27. The minimum absolute atomic E-state index is 0.0625. The highest BCUT2D eigenvalue weighted by molar-refractivity contribution is 9.10. The smallest absolute Gasteiger partial charge is 0.326 e. The lowest BCUT2D eigenvalue weighted by atomic mass is 9.84. The molecule has 0 radical (unpaired) electrons. The van der Waals surface area contributed by atoms with Gasteiger partial charge in [-0.3, -0.25) is 4.79 Å². The molecule has 4 nitrogen and oxygen atoms in total. The van der Waals surface area contributed by atoms with Crippen molar-refractivity contribution < 1.29 is 19.1 Å². The van der Waals surface area contributed by atoms with E-state index in [4.69, 9.17) is 0 Å². The van der Waals surface area contributed by atoms with Crippen LogP contribution in [0.25, 0.3) is 0 Å². The topological polar surface area (TPSA) is 66.4 Å². The van der Waals surface area contributed by atoms with E-state index in [1.165, 1.54) is 12.1 Å². The molecule has 6 heteroatoms. The van der Waals surface area contributed by atoms with Gasteiger partial charge in [0, 0.05) is 4.47 Å². The summed E-state index contributed by atoms with van der Waals surface area (Å²) in [5, 5.41) is 11.9. The second-order valence-electron chi connectivity index (χ2n) is 5.31. The van der Waals surface area contributed by atoms with E-state index in [-0.39, 0.29) is 11.5 Å². The van der Waals surface area contributed by atoms with Crippen LogP contribution in [-0.4, -0.2) is 23.0 Å². The van der Waals surface area contributed by atoms with Crippen molar-refractivity contribution >= 4 is 27.8 Å². The molecule has 1 atom stereocenters. The third-order valence-electron chi connectivity index (χ3n) is 3.85. The average Bonchev–Trinajstić information content (AvgIpc) is 2.47. The van der Waals surface area contributed by atoms with Crippen LogP contribution in [0.3, 0.4) is 0 Å². The Morgan fingerprint density at radius 1 is 1.29 bits per heavy atom. The van der Waals surface area contributed by atoms with Crippen LogP contribution in [0.4, 0.5) is 4.39 Å². The maximum absolute atomic E-state index is 13.2. The molecule has 2 N–H and O–H groups in total. The minimum atomic E-state index is -1.04. The number of benzene rings is 1. The number of carbonyl (C=O) groups is 2. The normalized spacial score (nSPS) is 17.2. The average molecular weight is 358 g/mol. The summed E-state index contributed by atoms with van der Waals surface area (Å²) in [4.78, 5) is 23.6. The fourth-order valence-corrected chi connectivity index (χ4v) is 3.17. The van der Waals surface area contributed by atoms with Crippen molar-refractivity contribution in [3.8, 4) is 0 Å². The summed E-state index contributed by atoms with van der Waals surface area (Å²) in [5.74, 6) is -2.21. The summed E-state index contributed by atoms with van der Waals surface area (Å²) >= 11 is 3.18. The van der Waals surface area contributed by atoms with Crippen molar-refractivity contribution in [3.63, 3.8) is 0 Å². The maximum Gasteiger partial charge on any atom is 0.326 e. The molecule has 21 heavy (non-hydrogen) atoms. The van der Waals surface area contributed by atoms with Gasteiger partial charge < -0.3 is 10.4 Å². The predicted molar refractivity (Wildman–Crippen MR) is 79.6 cm³/mol. The first-order valence-corrected chi connectivity index (χ1v) is 7.77. The lowest BCUT2D eigenvalue weighted by molar-refractivity contribution is -0.141. The fourth-order valence-electron chi connectivity index (χ4n) is 2.74. The number of aliphatic carboxylic acids is 1. The number of carboxylic acid groups (broad SMARTS) is 1. The lowest BCUT2D eigenvalue weighted by Crippen LogP contribution is -2.46. The van der Waals surface area contributed by atoms with Crippen molar-refractivity contribution in [1.82, 2.24) is 5.32 Å². The molecule has 1 saturated carbocycles. The Morgan fingerprint density at radius 3 is 2.57 bits per heavy atom. The monoisotopic (exact) mass is 357 g/mol. The van der Waals surface area contributed by atoms with E-state index >= 15 is 0 Å². The quantitative estimate of drug-likeness (QED) is 0.868. The summed E-state index contributed by atoms with van der Waals surface area (Å²) < 4.78 is 13.7. The van der Waals surface area contributed by atoms with E-state index in [0.29, 0.717) is 4.47 Å². The summed E-state index contributed by atoms with van der Waals surface area (Å²) in [6, 6.07) is 2.84. The van der Waals surface area contributed by atoms with Crippen LogP contribution < -0.4 is 5.32 Å². The van der Waals surface area contributed by atoms with Gasteiger partial charge in [0.1, 0.15) is 11.9 Å². The van der Waals surface area contributed by atoms with Crippen LogP contribution in [0.2, 0.25) is 0 Å². The molecule has 0 spiro atoms. The molecule has 1 amide bonds. The van der Waals surface area contributed by atoms with Crippen molar-refractivity contribution in [2.24, 2.45) is 5.92 Å². The number of hydrogen-bond acceptors (Lipinski definition) is 2. The molecule has 0 aliphatic heterocycles. The van der Waals surface area contributed by atoms with E-state index in [1.807, 2.05) is 0 Å². The fraction of sp³-hybridized carbons (Fsp3) is 0.467. The largest absolute Gasteiger partial charge is 0.480 e. The molecule has 0 heterocycles. The van der Waals surface area contributed by atoms with Crippen LogP contribution in [0.15, 0.2) is 22.7 Å². The summed E-state index contributed by atoms with van der Waals surface area (Å²) in [6.45, 7) is 0. The van der Waals surface area contributed by atoms with Crippen molar-refractivity contribution in [1.29, 1.82) is 0 Å². The van der Waals surface area contributed by atoms with Crippen LogP contribution >= 0.6 is 15.9 Å². The van der Waals surface area contributed by atoms with Gasteiger partial charge >= 0.3 is 5.97 Å². The Balaban J connectivity index is 2.14. The maximum atomic E-state index is 13.2. The number of nitrogens with one attached hydrogen (secondary N) is 1. The Kier molecular flexibility index (Phi) is 5.33. The van der Waals surface area contributed by atoms with E-state index in [9.17, 15) is 19.1 Å². The molecule has 1 unspecified atom stereocenters. The number of carboxylic acids is 1. The van der Waals surface area contributed by atoms with Gasteiger partial charge in [-0.15, -0.1) is 0 Å². The standard InChI is InChI=1S/C15H17BrFNO3/c16-12-7-6-10(17)8-11(12)14(19)18-13(15(20)21)9-4-2-1-3-5-9/h6-9,13H,1-5H2,(H,18,19)(H,20,21). The van der Waals surface area contributed by atoms with Gasteiger partial charge in [-0.05, 0) is 52.9 Å². The number of rotatable bonds is 4. The van der Waals surface area contributed by atoms with Gasteiger partial charge in [-0.25, -0.2) is 9.18 Å². The highest BCUT2D eigenvalue weighted by atomic mass is 79.9. The van der Waals surface area contributed by atoms with Gasteiger partial charge in [-0.1, -0.05) is 19.3 Å². The Labute approximate surface area is 130 Å². The van der Waals surface area contributed by atoms with E-state index in [2.05, 4.69) is 21.2 Å².